The molecule has 2 rings (SSSR count). The Balaban J connectivity index is 1.88. The Morgan fingerprint density at radius 3 is 2.44 bits per heavy atom. The zero-order valence-corrected chi connectivity index (χ0v) is 11.2. The summed E-state index contributed by atoms with van der Waals surface area (Å²) in [5.41, 5.74) is 6.37. The molecule has 4 unspecified atom stereocenters. The molecule has 0 radical (unpaired) electrons. The van der Waals surface area contributed by atoms with Crippen LogP contribution in [0.15, 0.2) is 0 Å². The highest BCUT2D eigenvalue weighted by Gasteiger charge is 2.45. The smallest absolute Gasteiger partial charge is 0.0111 e. The first-order valence-electron chi connectivity index (χ1n) is 7.09. The van der Waals surface area contributed by atoms with Gasteiger partial charge in [-0.2, -0.15) is 0 Å². The number of nitrogens with zero attached hydrogens (tertiary/aromatic N) is 1. The zero-order chi connectivity index (χ0) is 11.7. The number of nitrogens with two attached hydrogens (primary N) is 1. The summed E-state index contributed by atoms with van der Waals surface area (Å²) < 4.78 is 0. The van der Waals surface area contributed by atoms with E-state index in [1.807, 2.05) is 0 Å². The molecule has 0 heterocycles. The van der Waals surface area contributed by atoms with Crippen LogP contribution >= 0.6 is 0 Å². The number of fused-ring (bicyclic) bond motifs is 2. The van der Waals surface area contributed by atoms with Crippen molar-refractivity contribution in [3.63, 3.8) is 0 Å². The maximum atomic E-state index is 6.37. The average molecular weight is 224 g/mol. The summed E-state index contributed by atoms with van der Waals surface area (Å²) in [6, 6.07) is 0.500. The minimum Gasteiger partial charge on any atom is -0.327 e. The van der Waals surface area contributed by atoms with Crippen molar-refractivity contribution in [2.45, 2.75) is 46.1 Å². The van der Waals surface area contributed by atoms with Gasteiger partial charge in [0.15, 0.2) is 0 Å². The topological polar surface area (TPSA) is 29.3 Å². The van der Waals surface area contributed by atoms with E-state index in [4.69, 9.17) is 5.73 Å². The summed E-state index contributed by atoms with van der Waals surface area (Å²) in [5.74, 6) is 3.36. The normalized spacial score (nSPS) is 37.9. The van der Waals surface area contributed by atoms with Crippen LogP contribution in [-0.2, 0) is 0 Å². The molecule has 2 heteroatoms. The van der Waals surface area contributed by atoms with Gasteiger partial charge in [-0.25, -0.2) is 0 Å². The van der Waals surface area contributed by atoms with Crippen molar-refractivity contribution in [1.29, 1.82) is 0 Å². The highest BCUT2D eigenvalue weighted by molar-refractivity contribution is 4.99. The van der Waals surface area contributed by atoms with Crippen LogP contribution in [-0.4, -0.2) is 30.6 Å². The van der Waals surface area contributed by atoms with Crippen LogP contribution in [0.1, 0.15) is 40.0 Å². The van der Waals surface area contributed by atoms with Gasteiger partial charge < -0.3 is 10.6 Å². The predicted molar refractivity (Wildman–Crippen MR) is 69.2 cm³/mol. The van der Waals surface area contributed by atoms with Crippen molar-refractivity contribution >= 4 is 0 Å². The van der Waals surface area contributed by atoms with Gasteiger partial charge in [-0.15, -0.1) is 0 Å². The minimum atomic E-state index is 0.500. The molecule has 4 atom stereocenters. The molecule has 94 valence electrons. The van der Waals surface area contributed by atoms with E-state index >= 15 is 0 Å². The van der Waals surface area contributed by atoms with E-state index in [9.17, 15) is 0 Å². The third-order valence-corrected chi connectivity index (χ3v) is 4.70. The summed E-state index contributed by atoms with van der Waals surface area (Å²) in [7, 11) is 0. The molecule has 2 fully saturated rings. The summed E-state index contributed by atoms with van der Waals surface area (Å²) in [6.45, 7) is 10.6. The fourth-order valence-corrected chi connectivity index (χ4v) is 3.87. The molecule has 2 bridgehead atoms. The maximum absolute atomic E-state index is 6.37. The molecule has 2 saturated carbocycles. The van der Waals surface area contributed by atoms with Crippen molar-refractivity contribution in [3.05, 3.63) is 0 Å². The molecular weight excluding hydrogens is 196 g/mol. The van der Waals surface area contributed by atoms with Crippen LogP contribution in [0, 0.1) is 23.7 Å². The second kappa shape index (κ2) is 5.05. The standard InChI is InChI=1S/C14H28N2/c1-4-16(8-10(2)3)9-13-11-5-6-12(7-11)14(13)15/h10-14H,4-9,15H2,1-3H3. The van der Waals surface area contributed by atoms with Crippen molar-refractivity contribution in [3.8, 4) is 0 Å². The molecule has 16 heavy (non-hydrogen) atoms. The molecule has 2 nitrogen and oxygen atoms in total. The average Bonchev–Trinajstić information content (AvgIpc) is 2.80. The molecule has 2 aliphatic carbocycles. The molecule has 0 amide bonds. The van der Waals surface area contributed by atoms with E-state index in [-0.39, 0.29) is 0 Å². The van der Waals surface area contributed by atoms with Crippen LogP contribution in [0.25, 0.3) is 0 Å². The van der Waals surface area contributed by atoms with Crippen LogP contribution in [0.5, 0.6) is 0 Å². The SMILES string of the molecule is CCN(CC(C)C)CC1C2CCC(C2)C1N. The molecule has 2 N–H and O–H groups in total. The van der Waals surface area contributed by atoms with Crippen LogP contribution < -0.4 is 5.73 Å². The monoisotopic (exact) mass is 224 g/mol. The second-order valence-corrected chi connectivity index (χ2v) is 6.32. The van der Waals surface area contributed by atoms with E-state index in [1.54, 1.807) is 0 Å². The lowest BCUT2D eigenvalue weighted by Gasteiger charge is -2.33. The highest BCUT2D eigenvalue weighted by Crippen LogP contribution is 2.47. The Morgan fingerprint density at radius 2 is 1.94 bits per heavy atom. The van der Waals surface area contributed by atoms with Gasteiger partial charge in [0.05, 0.1) is 0 Å². The third-order valence-electron chi connectivity index (χ3n) is 4.70. The first-order valence-corrected chi connectivity index (χ1v) is 7.09. The summed E-state index contributed by atoms with van der Waals surface area (Å²) in [4.78, 5) is 2.61. The van der Waals surface area contributed by atoms with Gasteiger partial charge in [-0.3, -0.25) is 0 Å². The first-order chi connectivity index (χ1) is 7.61. The van der Waals surface area contributed by atoms with Gasteiger partial charge in [0.25, 0.3) is 0 Å². The van der Waals surface area contributed by atoms with Crippen molar-refractivity contribution in [2.75, 3.05) is 19.6 Å². The molecule has 0 aromatic heterocycles. The Morgan fingerprint density at radius 1 is 1.25 bits per heavy atom. The predicted octanol–water partition coefficient (Wildman–Crippen LogP) is 2.34. The Kier molecular flexibility index (Phi) is 3.91. The van der Waals surface area contributed by atoms with Crippen molar-refractivity contribution in [2.24, 2.45) is 29.4 Å². The lowest BCUT2D eigenvalue weighted by molar-refractivity contribution is 0.167. The van der Waals surface area contributed by atoms with Crippen molar-refractivity contribution < 1.29 is 0 Å². The molecule has 0 saturated heterocycles. The Bertz CT molecular complexity index is 225. The lowest BCUT2D eigenvalue weighted by atomic mass is 9.84. The van der Waals surface area contributed by atoms with Gasteiger partial charge >= 0.3 is 0 Å². The van der Waals surface area contributed by atoms with E-state index < -0.39 is 0 Å². The second-order valence-electron chi connectivity index (χ2n) is 6.32. The molecule has 0 aromatic carbocycles. The molecule has 0 aromatic rings. The van der Waals surface area contributed by atoms with E-state index in [1.165, 1.54) is 38.9 Å². The summed E-state index contributed by atoms with van der Waals surface area (Å²) >= 11 is 0. The number of hydrogen-bond donors (Lipinski definition) is 1. The maximum Gasteiger partial charge on any atom is 0.0111 e. The van der Waals surface area contributed by atoms with E-state index in [0.717, 1.165) is 23.7 Å². The third kappa shape index (κ3) is 2.43. The Labute approximate surface area is 101 Å². The molecule has 0 aliphatic heterocycles. The van der Waals surface area contributed by atoms with Crippen LogP contribution in [0.2, 0.25) is 0 Å². The first kappa shape index (κ1) is 12.4. The molecule has 0 spiro atoms. The fraction of sp³-hybridized carbons (Fsp3) is 1.00. The quantitative estimate of drug-likeness (QED) is 0.776. The highest BCUT2D eigenvalue weighted by atomic mass is 15.1. The van der Waals surface area contributed by atoms with Gasteiger partial charge in [0.1, 0.15) is 0 Å². The molecule has 2 aliphatic rings. The van der Waals surface area contributed by atoms with E-state index in [0.29, 0.717) is 6.04 Å². The van der Waals surface area contributed by atoms with Gasteiger partial charge in [0, 0.05) is 19.1 Å². The van der Waals surface area contributed by atoms with Crippen LogP contribution in [0.3, 0.4) is 0 Å². The van der Waals surface area contributed by atoms with Gasteiger partial charge in [0.2, 0.25) is 0 Å². The Hall–Kier alpha value is -0.0800. The van der Waals surface area contributed by atoms with E-state index in [2.05, 4.69) is 25.7 Å². The van der Waals surface area contributed by atoms with Gasteiger partial charge in [-0.1, -0.05) is 20.8 Å². The number of rotatable bonds is 5. The van der Waals surface area contributed by atoms with Crippen molar-refractivity contribution in [1.82, 2.24) is 4.90 Å². The number of hydrogen-bond acceptors (Lipinski definition) is 2. The summed E-state index contributed by atoms with van der Waals surface area (Å²) in [6.07, 6.45) is 4.27. The van der Waals surface area contributed by atoms with Gasteiger partial charge in [-0.05, 0) is 49.5 Å². The fourth-order valence-electron chi connectivity index (χ4n) is 3.87. The largest absolute Gasteiger partial charge is 0.327 e. The zero-order valence-electron chi connectivity index (χ0n) is 11.2. The minimum absolute atomic E-state index is 0.500. The summed E-state index contributed by atoms with van der Waals surface area (Å²) in [5, 5.41) is 0. The van der Waals surface area contributed by atoms with Crippen LogP contribution in [0.4, 0.5) is 0 Å². The molecular formula is C14H28N2. The lowest BCUT2D eigenvalue weighted by Crippen LogP contribution is -2.43.